The van der Waals surface area contributed by atoms with Crippen molar-refractivity contribution in [1.29, 1.82) is 0 Å². The van der Waals surface area contributed by atoms with E-state index in [1.807, 2.05) is 0 Å². The van der Waals surface area contributed by atoms with Gasteiger partial charge in [-0.05, 0) is 37.1 Å². The van der Waals surface area contributed by atoms with Gasteiger partial charge in [-0.25, -0.2) is 13.8 Å². The molecular formula is C23H21ClF5N3O2. The van der Waals surface area contributed by atoms with Crippen molar-refractivity contribution in [2.75, 3.05) is 7.11 Å². The van der Waals surface area contributed by atoms with Crippen LogP contribution in [-0.4, -0.2) is 28.0 Å². The van der Waals surface area contributed by atoms with E-state index < -0.39 is 23.6 Å². The Kier molecular flexibility index (Phi) is 6.71. The Morgan fingerprint density at radius 3 is 2.65 bits per heavy atom. The predicted octanol–water partition coefficient (Wildman–Crippen LogP) is 7.02. The second-order valence-electron chi connectivity index (χ2n) is 8.12. The van der Waals surface area contributed by atoms with Crippen LogP contribution < -0.4 is 9.47 Å². The maximum absolute atomic E-state index is 13.8. The topological polar surface area (TPSA) is 60.0 Å². The summed E-state index contributed by atoms with van der Waals surface area (Å²) in [6, 6.07) is 7.08. The van der Waals surface area contributed by atoms with Gasteiger partial charge in [0.15, 0.2) is 5.15 Å². The lowest BCUT2D eigenvalue weighted by Gasteiger charge is -2.27. The van der Waals surface area contributed by atoms with Crippen molar-refractivity contribution in [2.45, 2.75) is 50.3 Å². The number of aromatic amines is 1. The second-order valence-corrected chi connectivity index (χ2v) is 8.48. The third-order valence-corrected chi connectivity index (χ3v) is 5.96. The van der Waals surface area contributed by atoms with Crippen molar-refractivity contribution in [3.8, 4) is 22.8 Å². The maximum atomic E-state index is 13.8. The van der Waals surface area contributed by atoms with Crippen LogP contribution in [0.1, 0.15) is 48.7 Å². The molecule has 0 radical (unpaired) electrons. The molecule has 1 saturated carbocycles. The first-order valence-corrected chi connectivity index (χ1v) is 10.9. The van der Waals surface area contributed by atoms with Gasteiger partial charge in [-0.1, -0.05) is 11.6 Å². The summed E-state index contributed by atoms with van der Waals surface area (Å²) in [5.74, 6) is -1.94. The Hall–Kier alpha value is -2.88. The van der Waals surface area contributed by atoms with Crippen LogP contribution in [0.2, 0.25) is 5.15 Å². The average Bonchev–Trinajstić information content (AvgIpc) is 3.18. The fraction of sp³-hybridized carbons (Fsp3) is 0.391. The zero-order chi connectivity index (χ0) is 24.5. The summed E-state index contributed by atoms with van der Waals surface area (Å²) < 4.78 is 76.8. The van der Waals surface area contributed by atoms with Crippen molar-refractivity contribution in [1.82, 2.24) is 15.0 Å². The minimum Gasteiger partial charge on any atom is -0.496 e. The largest absolute Gasteiger partial charge is 0.496 e. The molecule has 34 heavy (non-hydrogen) atoms. The van der Waals surface area contributed by atoms with Gasteiger partial charge >= 0.3 is 6.18 Å². The van der Waals surface area contributed by atoms with Crippen LogP contribution in [-0.2, 0) is 12.8 Å². The summed E-state index contributed by atoms with van der Waals surface area (Å²) >= 11 is 6.32. The van der Waals surface area contributed by atoms with Crippen molar-refractivity contribution in [2.24, 2.45) is 0 Å². The van der Waals surface area contributed by atoms with Gasteiger partial charge < -0.3 is 14.5 Å². The highest BCUT2D eigenvalue weighted by Gasteiger charge is 2.38. The van der Waals surface area contributed by atoms with Crippen LogP contribution in [0.15, 0.2) is 36.5 Å². The lowest BCUT2D eigenvalue weighted by molar-refractivity contribution is -0.137. The van der Waals surface area contributed by atoms with E-state index in [0.717, 1.165) is 12.3 Å². The molecule has 0 bridgehead atoms. The Bertz CT molecular complexity index is 1150. The van der Waals surface area contributed by atoms with Crippen LogP contribution in [0.3, 0.4) is 0 Å². The number of hydrogen-bond acceptors (Lipinski definition) is 4. The van der Waals surface area contributed by atoms with Crippen molar-refractivity contribution < 1.29 is 31.4 Å². The monoisotopic (exact) mass is 501 g/mol. The molecule has 4 rings (SSSR count). The first kappa shape index (κ1) is 24.3. The van der Waals surface area contributed by atoms with Gasteiger partial charge in [0.05, 0.1) is 24.1 Å². The number of pyridine rings is 1. The highest BCUT2D eigenvalue weighted by atomic mass is 35.5. The summed E-state index contributed by atoms with van der Waals surface area (Å²) in [6.45, 7) is -0.0501. The van der Waals surface area contributed by atoms with E-state index in [9.17, 15) is 22.0 Å². The molecule has 11 heteroatoms. The maximum Gasteiger partial charge on any atom is 0.417 e. The Labute approximate surface area is 197 Å². The number of imidazole rings is 1. The molecule has 0 saturated heterocycles. The third-order valence-electron chi connectivity index (χ3n) is 5.69. The first-order chi connectivity index (χ1) is 16.1. The molecule has 5 nitrogen and oxygen atoms in total. The van der Waals surface area contributed by atoms with E-state index in [-0.39, 0.29) is 24.6 Å². The van der Waals surface area contributed by atoms with Gasteiger partial charge in [0.1, 0.15) is 23.9 Å². The fourth-order valence-electron chi connectivity index (χ4n) is 3.95. The molecule has 0 amide bonds. The summed E-state index contributed by atoms with van der Waals surface area (Å²) in [6.07, 6.45) is -3.10. The van der Waals surface area contributed by atoms with E-state index in [1.54, 1.807) is 18.2 Å². The average molecular weight is 502 g/mol. The number of alkyl halides is 5. The van der Waals surface area contributed by atoms with Crippen LogP contribution >= 0.6 is 11.6 Å². The Balaban J connectivity index is 1.50. The van der Waals surface area contributed by atoms with Gasteiger partial charge in [0, 0.05) is 36.6 Å². The molecule has 0 spiro atoms. The molecule has 0 aliphatic heterocycles. The number of halogens is 6. The lowest BCUT2D eigenvalue weighted by Crippen LogP contribution is -2.25. The first-order valence-electron chi connectivity index (χ1n) is 10.5. The zero-order valence-corrected chi connectivity index (χ0v) is 18.8. The Morgan fingerprint density at radius 1 is 1.21 bits per heavy atom. The minimum absolute atomic E-state index is 0.0501. The zero-order valence-electron chi connectivity index (χ0n) is 18.1. The molecule has 1 aromatic carbocycles. The van der Waals surface area contributed by atoms with E-state index in [1.165, 1.54) is 13.2 Å². The van der Waals surface area contributed by atoms with E-state index >= 15 is 0 Å². The fourth-order valence-corrected chi connectivity index (χ4v) is 4.19. The number of H-pyrrole nitrogens is 1. The molecule has 1 fully saturated rings. The Morgan fingerprint density at radius 2 is 2.00 bits per heavy atom. The number of benzene rings is 1. The summed E-state index contributed by atoms with van der Waals surface area (Å²) in [4.78, 5) is 11.1. The molecule has 1 unspecified atom stereocenters. The smallest absolute Gasteiger partial charge is 0.417 e. The lowest BCUT2D eigenvalue weighted by atomic mass is 9.86. The summed E-state index contributed by atoms with van der Waals surface area (Å²) in [7, 11) is 1.45. The van der Waals surface area contributed by atoms with Crippen molar-refractivity contribution in [3.05, 3.63) is 58.8 Å². The SMILES string of the molecule is COc1cc(OCc2ccc(C(F)(F)F)cn2)ccc1-c1[nH]c(C2CCCC(F)(F)C2)nc1Cl. The molecule has 1 aliphatic carbocycles. The van der Waals surface area contributed by atoms with Gasteiger partial charge in [0.25, 0.3) is 0 Å². The van der Waals surface area contributed by atoms with Gasteiger partial charge in [0.2, 0.25) is 5.92 Å². The minimum atomic E-state index is -4.46. The quantitative estimate of drug-likeness (QED) is 0.368. The number of nitrogens with one attached hydrogen (secondary N) is 1. The second kappa shape index (κ2) is 9.40. The molecule has 1 N–H and O–H groups in total. The van der Waals surface area contributed by atoms with Crippen LogP contribution in [0.4, 0.5) is 22.0 Å². The van der Waals surface area contributed by atoms with E-state index in [0.29, 0.717) is 47.1 Å². The molecule has 1 atom stereocenters. The predicted molar refractivity (Wildman–Crippen MR) is 115 cm³/mol. The molecule has 1 aliphatic rings. The number of hydrogen-bond donors (Lipinski definition) is 1. The number of methoxy groups -OCH3 is 1. The van der Waals surface area contributed by atoms with Gasteiger partial charge in [-0.2, -0.15) is 13.2 Å². The van der Waals surface area contributed by atoms with Crippen LogP contribution in [0, 0.1) is 0 Å². The summed E-state index contributed by atoms with van der Waals surface area (Å²) in [5, 5.41) is 0.143. The summed E-state index contributed by atoms with van der Waals surface area (Å²) in [5.41, 5.74) is 0.490. The number of ether oxygens (including phenoxy) is 2. The standard InChI is InChI=1S/C23H21ClF5N3O2/c1-33-18-9-16(34-12-15-5-4-14(11-30-15)23(27,28)29)6-7-17(18)19-20(24)32-21(31-19)13-3-2-8-22(25,26)10-13/h4-7,9,11,13H,2-3,8,10,12H2,1H3,(H,31,32). The molecule has 2 aromatic heterocycles. The number of rotatable bonds is 6. The van der Waals surface area contributed by atoms with E-state index in [4.69, 9.17) is 21.1 Å². The molecular weight excluding hydrogens is 481 g/mol. The normalized spacial score (nSPS) is 18.0. The van der Waals surface area contributed by atoms with Crippen molar-refractivity contribution >= 4 is 11.6 Å². The molecule has 3 aromatic rings. The highest BCUT2D eigenvalue weighted by Crippen LogP contribution is 2.43. The van der Waals surface area contributed by atoms with E-state index in [2.05, 4.69) is 15.0 Å². The van der Waals surface area contributed by atoms with Crippen LogP contribution in [0.5, 0.6) is 11.5 Å². The number of nitrogens with zero attached hydrogens (tertiary/aromatic N) is 2. The number of aromatic nitrogens is 3. The van der Waals surface area contributed by atoms with Crippen molar-refractivity contribution in [3.63, 3.8) is 0 Å². The highest BCUT2D eigenvalue weighted by molar-refractivity contribution is 6.32. The third kappa shape index (κ3) is 5.43. The molecule has 2 heterocycles. The molecule has 182 valence electrons. The van der Waals surface area contributed by atoms with Gasteiger partial charge in [-0.15, -0.1) is 0 Å². The van der Waals surface area contributed by atoms with Gasteiger partial charge in [-0.3, -0.25) is 4.98 Å². The van der Waals surface area contributed by atoms with Crippen LogP contribution in [0.25, 0.3) is 11.3 Å².